The average molecular weight is 568 g/mol. The first-order valence-corrected chi connectivity index (χ1v) is 18.1. The van der Waals surface area contributed by atoms with Crippen molar-refractivity contribution in [2.24, 2.45) is 13.5 Å². The van der Waals surface area contributed by atoms with Gasteiger partial charge in [0.15, 0.2) is 0 Å². The van der Waals surface area contributed by atoms with Crippen molar-refractivity contribution in [2.75, 3.05) is 0 Å². The molecule has 36 heavy (non-hydrogen) atoms. The van der Waals surface area contributed by atoms with Gasteiger partial charge in [0.25, 0.3) is 0 Å². The summed E-state index contributed by atoms with van der Waals surface area (Å²) in [7, 11) is -8.15. The Morgan fingerprint density at radius 2 is 0.389 bits per heavy atom. The van der Waals surface area contributed by atoms with E-state index >= 15 is 0 Å². The summed E-state index contributed by atoms with van der Waals surface area (Å²) >= 11 is 0. The van der Waals surface area contributed by atoms with E-state index in [9.17, 15) is 0 Å². The number of rotatable bonds is 6. The summed E-state index contributed by atoms with van der Waals surface area (Å²) in [6.45, 7) is 39.2. The van der Waals surface area contributed by atoms with E-state index in [-0.39, 0.29) is 33.2 Å². The summed E-state index contributed by atoms with van der Waals surface area (Å²) < 4.78 is 16.9. The van der Waals surface area contributed by atoms with E-state index < -0.39 is 22.5 Å². The van der Waals surface area contributed by atoms with Crippen molar-refractivity contribution in [2.45, 2.75) is 158 Å². The summed E-state index contributed by atoms with van der Waals surface area (Å²) in [4.78, 5) is 0. The van der Waals surface area contributed by atoms with E-state index in [4.69, 9.17) is 13.5 Å². The maximum absolute atomic E-state index is 5.63. The molecular weight excluding hydrogens is 507 g/mol. The molecule has 0 aromatic heterocycles. The van der Waals surface area contributed by atoms with Crippen molar-refractivity contribution in [1.29, 1.82) is 0 Å². The molecule has 0 saturated heterocycles. The van der Waals surface area contributed by atoms with Gasteiger partial charge in [0.1, 0.15) is 0 Å². The zero-order chi connectivity index (χ0) is 28.9. The Labute approximate surface area is 224 Å². The lowest BCUT2D eigenvalue weighted by Gasteiger charge is -2.47. The molecule has 1 aliphatic rings. The second kappa shape index (κ2) is 10.5. The molecule has 0 atom stereocenters. The standard InChI is InChI=1S/C24H60N9P3/c1-19(2,3)25-34(26-20(4,5)6)31-35(27-21(7,8)9,28-22(10,11)12)33-36(32-34,29-23(13,14)15)30-24(16,17)18/h25-30H,1-18H3. The lowest BCUT2D eigenvalue weighted by atomic mass is 10.1. The zero-order valence-corrected chi connectivity index (χ0v) is 29.4. The van der Waals surface area contributed by atoms with Crippen LogP contribution in [0.3, 0.4) is 0 Å². The number of nitrogens with one attached hydrogen (secondary N) is 6. The zero-order valence-electron chi connectivity index (χ0n) is 26.7. The fourth-order valence-corrected chi connectivity index (χ4v) is 17.6. The summed E-state index contributed by atoms with van der Waals surface area (Å²) in [5, 5.41) is 23.3. The Morgan fingerprint density at radius 3 is 0.472 bits per heavy atom. The smallest absolute Gasteiger partial charge is 0.216 e. The molecule has 0 saturated carbocycles. The molecule has 6 N–H and O–H groups in total. The maximum atomic E-state index is 5.63. The van der Waals surface area contributed by atoms with E-state index in [1.807, 2.05) is 0 Å². The quantitative estimate of drug-likeness (QED) is 0.181. The molecule has 0 amide bonds. The van der Waals surface area contributed by atoms with Crippen LogP contribution in [0.4, 0.5) is 0 Å². The van der Waals surface area contributed by atoms with Gasteiger partial charge in [-0.25, -0.2) is 30.5 Å². The Hall–Kier alpha value is 0.450. The number of hydrogen-bond acceptors (Lipinski definition) is 9. The van der Waals surface area contributed by atoms with Crippen LogP contribution in [0.5, 0.6) is 0 Å². The molecule has 0 aromatic carbocycles. The van der Waals surface area contributed by atoms with Crippen LogP contribution >= 0.6 is 22.5 Å². The second-order valence-electron chi connectivity index (χ2n) is 16.2. The van der Waals surface area contributed by atoms with Gasteiger partial charge in [0.05, 0.1) is 0 Å². The molecule has 216 valence electrons. The van der Waals surface area contributed by atoms with Crippen LogP contribution in [0.25, 0.3) is 0 Å². The van der Waals surface area contributed by atoms with E-state index in [0.717, 1.165) is 0 Å². The largest absolute Gasteiger partial charge is 0.248 e. The first kappa shape index (κ1) is 34.5. The number of hydrogen-bond donors (Lipinski definition) is 6. The van der Waals surface area contributed by atoms with Crippen LogP contribution in [0.15, 0.2) is 13.5 Å². The molecular formula is C24H60N9P3. The van der Waals surface area contributed by atoms with Gasteiger partial charge in [-0.2, -0.15) is 13.5 Å². The van der Waals surface area contributed by atoms with Gasteiger partial charge < -0.3 is 0 Å². The maximum Gasteiger partial charge on any atom is 0.216 e. The van der Waals surface area contributed by atoms with Crippen molar-refractivity contribution in [3.05, 3.63) is 0 Å². The normalized spacial score (nSPS) is 20.8. The predicted octanol–water partition coefficient (Wildman–Crippen LogP) is 8.17. The molecule has 0 unspecified atom stereocenters. The molecule has 1 rings (SSSR count). The highest BCUT2D eigenvalue weighted by molar-refractivity contribution is 7.83. The van der Waals surface area contributed by atoms with Crippen molar-refractivity contribution >= 4 is 22.5 Å². The molecule has 0 bridgehead atoms. The van der Waals surface area contributed by atoms with Crippen molar-refractivity contribution in [1.82, 2.24) is 30.5 Å². The van der Waals surface area contributed by atoms with Gasteiger partial charge in [-0.1, -0.05) is 0 Å². The van der Waals surface area contributed by atoms with Gasteiger partial charge in [0, 0.05) is 33.2 Å². The molecule has 0 spiro atoms. The SMILES string of the molecule is CC(C)(C)NP1(NC(C)(C)C)=NP(NC(C)(C)C)(NC(C)(C)C)=NP(NC(C)(C)C)(NC(C)(C)C)=N1. The van der Waals surface area contributed by atoms with Crippen molar-refractivity contribution in [3.8, 4) is 0 Å². The molecule has 0 aromatic rings. The molecule has 0 fully saturated rings. The molecule has 1 aliphatic heterocycles. The van der Waals surface area contributed by atoms with E-state index in [1.54, 1.807) is 0 Å². The van der Waals surface area contributed by atoms with E-state index in [0.29, 0.717) is 0 Å². The minimum atomic E-state index is -2.72. The molecule has 9 nitrogen and oxygen atoms in total. The molecule has 0 aliphatic carbocycles. The first-order chi connectivity index (χ1) is 15.4. The molecule has 12 heteroatoms. The van der Waals surface area contributed by atoms with Crippen molar-refractivity contribution in [3.63, 3.8) is 0 Å². The Kier molecular flexibility index (Phi) is 10.0. The third-order valence-corrected chi connectivity index (χ3v) is 15.8. The fraction of sp³-hybridized carbons (Fsp3) is 1.00. The monoisotopic (exact) mass is 567 g/mol. The summed E-state index contributed by atoms with van der Waals surface area (Å²) in [5.74, 6) is 0. The summed E-state index contributed by atoms with van der Waals surface area (Å²) in [6.07, 6.45) is 0. The van der Waals surface area contributed by atoms with Crippen LogP contribution in [0.2, 0.25) is 0 Å². The molecule has 0 radical (unpaired) electrons. The Morgan fingerprint density at radius 1 is 0.278 bits per heavy atom. The fourth-order valence-electron chi connectivity index (χ4n) is 3.77. The first-order valence-electron chi connectivity index (χ1n) is 13.0. The highest BCUT2D eigenvalue weighted by Gasteiger charge is 2.45. The van der Waals surface area contributed by atoms with Crippen LogP contribution in [-0.2, 0) is 0 Å². The summed E-state index contributed by atoms with van der Waals surface area (Å²) in [5.41, 5.74) is -1.37. The van der Waals surface area contributed by atoms with Gasteiger partial charge in [-0.3, -0.25) is 0 Å². The van der Waals surface area contributed by atoms with Gasteiger partial charge in [0.2, 0.25) is 22.5 Å². The van der Waals surface area contributed by atoms with Crippen LogP contribution < -0.4 is 30.5 Å². The second-order valence-corrected chi connectivity index (χ2v) is 23.3. The third-order valence-electron chi connectivity index (χ3n) is 3.72. The lowest BCUT2D eigenvalue weighted by molar-refractivity contribution is 0.482. The topological polar surface area (TPSA) is 109 Å². The van der Waals surface area contributed by atoms with Gasteiger partial charge in [-0.15, -0.1) is 0 Å². The predicted molar refractivity (Wildman–Crippen MR) is 165 cm³/mol. The highest BCUT2D eigenvalue weighted by atomic mass is 31.3. The molecule has 1 heterocycles. The van der Waals surface area contributed by atoms with Crippen LogP contribution in [0.1, 0.15) is 125 Å². The van der Waals surface area contributed by atoms with E-state index in [2.05, 4.69) is 155 Å². The van der Waals surface area contributed by atoms with Crippen LogP contribution in [-0.4, -0.2) is 33.2 Å². The van der Waals surface area contributed by atoms with E-state index in [1.165, 1.54) is 0 Å². The average Bonchev–Trinajstić information content (AvgIpc) is 2.30. The minimum absolute atomic E-state index is 0.228. The lowest BCUT2D eigenvalue weighted by Crippen LogP contribution is -2.48. The van der Waals surface area contributed by atoms with Crippen LogP contribution in [0, 0.1) is 0 Å². The van der Waals surface area contributed by atoms with Gasteiger partial charge in [-0.05, 0) is 125 Å². The Bertz CT molecular complexity index is 742. The third kappa shape index (κ3) is 13.0. The van der Waals surface area contributed by atoms with Crippen molar-refractivity contribution < 1.29 is 0 Å². The Balaban J connectivity index is 4.41. The van der Waals surface area contributed by atoms with Gasteiger partial charge >= 0.3 is 0 Å². The number of nitrogens with zero attached hydrogens (tertiary/aromatic N) is 3. The minimum Gasteiger partial charge on any atom is -0.248 e. The summed E-state index contributed by atoms with van der Waals surface area (Å²) in [6, 6.07) is 0. The highest BCUT2D eigenvalue weighted by Crippen LogP contribution is 2.73.